The van der Waals surface area contributed by atoms with Gasteiger partial charge in [-0.2, -0.15) is 0 Å². The van der Waals surface area contributed by atoms with Crippen LogP contribution < -0.4 is 5.32 Å². The molecule has 2 N–H and O–H groups in total. The predicted octanol–water partition coefficient (Wildman–Crippen LogP) is 2.04. The summed E-state index contributed by atoms with van der Waals surface area (Å²) in [5, 5.41) is 12.0. The number of alkyl carbamates (subject to hydrolysis) is 1. The number of carbonyl (C=O) groups excluding carboxylic acids is 2. The number of halogens is 1. The average Bonchev–Trinajstić information content (AvgIpc) is 2.90. The number of carbonyl (C=O) groups is 3. The van der Waals surface area contributed by atoms with E-state index < -0.39 is 23.2 Å². The van der Waals surface area contributed by atoms with Gasteiger partial charge in [-0.25, -0.2) is 14.6 Å². The van der Waals surface area contributed by atoms with Crippen LogP contribution in [0.15, 0.2) is 22.9 Å². The summed E-state index contributed by atoms with van der Waals surface area (Å²) < 4.78 is 5.73. The van der Waals surface area contributed by atoms with Crippen LogP contribution in [-0.2, 0) is 9.53 Å². The maximum atomic E-state index is 12.5. The Hall–Kier alpha value is -2.16. The van der Waals surface area contributed by atoms with Crippen LogP contribution in [0.25, 0.3) is 0 Å². The van der Waals surface area contributed by atoms with Crippen molar-refractivity contribution in [3.63, 3.8) is 0 Å². The number of carboxylic acids is 1. The van der Waals surface area contributed by atoms with Crippen LogP contribution in [0.4, 0.5) is 4.79 Å². The van der Waals surface area contributed by atoms with Gasteiger partial charge in [0, 0.05) is 19.2 Å². The van der Waals surface area contributed by atoms with Crippen LogP contribution >= 0.6 is 15.9 Å². The molecule has 25 heavy (non-hydrogen) atoms. The fraction of sp³-hybridized carbons (Fsp3) is 0.500. The number of ether oxygens (including phenoxy) is 1. The fourth-order valence-electron chi connectivity index (χ4n) is 2.50. The molecule has 1 unspecified atom stereocenters. The first-order chi connectivity index (χ1) is 11.5. The molecule has 1 aliphatic rings. The van der Waals surface area contributed by atoms with Crippen LogP contribution in [0.5, 0.6) is 0 Å². The minimum Gasteiger partial charge on any atom is -0.479 e. The van der Waals surface area contributed by atoms with Crippen molar-refractivity contribution in [2.24, 2.45) is 0 Å². The maximum absolute atomic E-state index is 12.5. The monoisotopic (exact) mass is 413 g/mol. The van der Waals surface area contributed by atoms with Gasteiger partial charge in [-0.05, 0) is 48.8 Å². The summed E-state index contributed by atoms with van der Waals surface area (Å²) in [4.78, 5) is 41.6. The third-order valence-electron chi connectivity index (χ3n) is 3.68. The highest BCUT2D eigenvalue weighted by Crippen LogP contribution is 2.24. The number of likely N-dealkylation sites (tertiary alicyclic amines) is 1. The lowest BCUT2D eigenvalue weighted by Crippen LogP contribution is -2.57. The summed E-state index contributed by atoms with van der Waals surface area (Å²) in [7, 11) is 0. The summed E-state index contributed by atoms with van der Waals surface area (Å²) in [5.41, 5.74) is -1.97. The predicted molar refractivity (Wildman–Crippen MR) is 92.2 cm³/mol. The van der Waals surface area contributed by atoms with Gasteiger partial charge in [0.2, 0.25) is 0 Å². The van der Waals surface area contributed by atoms with E-state index in [1.807, 2.05) is 0 Å². The van der Waals surface area contributed by atoms with Crippen molar-refractivity contribution in [3.05, 3.63) is 28.5 Å². The largest absolute Gasteiger partial charge is 0.479 e. The second-order valence-corrected chi connectivity index (χ2v) is 7.67. The van der Waals surface area contributed by atoms with Crippen molar-refractivity contribution >= 4 is 33.9 Å². The second-order valence-electron chi connectivity index (χ2n) is 6.86. The van der Waals surface area contributed by atoms with E-state index in [4.69, 9.17) is 4.74 Å². The molecule has 2 amide bonds. The molecule has 0 bridgehead atoms. The van der Waals surface area contributed by atoms with Gasteiger partial charge in [-0.15, -0.1) is 0 Å². The standard InChI is InChI=1S/C16H20BrN3O5/c1-15(2,3)25-14(24)19-16(13(22)23)6-7-20(9-16)12(21)10-4-5-11(17)18-8-10/h4-5,8H,6-7,9H2,1-3H3,(H,19,24)(H,22,23). The second kappa shape index (κ2) is 6.99. The lowest BCUT2D eigenvalue weighted by molar-refractivity contribution is -0.144. The Bertz CT molecular complexity index is 686. The maximum Gasteiger partial charge on any atom is 0.408 e. The van der Waals surface area contributed by atoms with Crippen LogP contribution in [0, 0.1) is 0 Å². The van der Waals surface area contributed by atoms with Crippen molar-refractivity contribution < 1.29 is 24.2 Å². The highest BCUT2D eigenvalue weighted by atomic mass is 79.9. The first-order valence-corrected chi connectivity index (χ1v) is 8.47. The minimum atomic E-state index is -1.57. The van der Waals surface area contributed by atoms with Crippen LogP contribution in [0.2, 0.25) is 0 Å². The van der Waals surface area contributed by atoms with E-state index in [-0.39, 0.29) is 25.4 Å². The van der Waals surface area contributed by atoms with Gasteiger partial charge in [0.05, 0.1) is 12.1 Å². The Morgan fingerprint density at radius 2 is 2.04 bits per heavy atom. The van der Waals surface area contributed by atoms with Crippen LogP contribution in [0.1, 0.15) is 37.6 Å². The molecular weight excluding hydrogens is 394 g/mol. The molecule has 0 aliphatic carbocycles. The van der Waals surface area contributed by atoms with E-state index in [0.29, 0.717) is 10.2 Å². The quantitative estimate of drug-likeness (QED) is 0.733. The van der Waals surface area contributed by atoms with Crippen molar-refractivity contribution in [2.75, 3.05) is 13.1 Å². The number of nitrogens with zero attached hydrogens (tertiary/aromatic N) is 2. The average molecular weight is 414 g/mol. The Morgan fingerprint density at radius 3 is 2.56 bits per heavy atom. The van der Waals surface area contributed by atoms with Gasteiger partial charge in [0.25, 0.3) is 5.91 Å². The number of hydrogen-bond acceptors (Lipinski definition) is 5. The molecule has 1 aromatic heterocycles. The Morgan fingerprint density at radius 1 is 1.36 bits per heavy atom. The van der Waals surface area contributed by atoms with Crippen LogP contribution in [0.3, 0.4) is 0 Å². The zero-order valence-corrected chi connectivity index (χ0v) is 15.8. The zero-order valence-electron chi connectivity index (χ0n) is 14.2. The molecule has 136 valence electrons. The smallest absolute Gasteiger partial charge is 0.408 e. The van der Waals surface area contributed by atoms with E-state index >= 15 is 0 Å². The van der Waals surface area contributed by atoms with Crippen LogP contribution in [-0.4, -0.2) is 57.2 Å². The van der Waals surface area contributed by atoms with E-state index in [9.17, 15) is 19.5 Å². The third-order valence-corrected chi connectivity index (χ3v) is 4.15. The van der Waals surface area contributed by atoms with Crippen molar-refractivity contribution in [3.8, 4) is 0 Å². The van der Waals surface area contributed by atoms with Gasteiger partial charge < -0.3 is 20.1 Å². The summed E-state index contributed by atoms with van der Waals surface area (Å²) in [6.45, 7) is 5.12. The number of pyridine rings is 1. The van der Waals surface area contributed by atoms with Gasteiger partial charge in [0.15, 0.2) is 5.54 Å². The number of aliphatic carboxylic acids is 1. The molecule has 0 saturated carbocycles. The molecule has 1 aliphatic heterocycles. The number of aromatic nitrogens is 1. The number of nitrogens with one attached hydrogen (secondary N) is 1. The lowest BCUT2D eigenvalue weighted by atomic mass is 9.99. The molecule has 1 atom stereocenters. The Balaban J connectivity index is 2.12. The molecular formula is C16H20BrN3O5. The number of carboxylic acid groups (broad SMARTS) is 1. The fourth-order valence-corrected chi connectivity index (χ4v) is 2.73. The molecule has 1 saturated heterocycles. The van der Waals surface area contributed by atoms with E-state index in [0.717, 1.165) is 0 Å². The molecule has 2 rings (SSSR count). The van der Waals surface area contributed by atoms with E-state index in [1.54, 1.807) is 32.9 Å². The van der Waals surface area contributed by atoms with Gasteiger partial charge in [-0.3, -0.25) is 4.79 Å². The number of amides is 2. The van der Waals surface area contributed by atoms with Gasteiger partial charge in [0.1, 0.15) is 10.2 Å². The third kappa shape index (κ3) is 4.68. The summed E-state index contributed by atoms with van der Waals surface area (Å²) >= 11 is 3.19. The zero-order chi connectivity index (χ0) is 18.8. The van der Waals surface area contributed by atoms with Gasteiger partial charge >= 0.3 is 12.1 Å². The topological polar surface area (TPSA) is 109 Å². The molecule has 0 aromatic carbocycles. The normalized spacial score (nSPS) is 20.2. The molecule has 1 aromatic rings. The molecule has 1 fully saturated rings. The summed E-state index contributed by atoms with van der Waals surface area (Å²) in [6.07, 6.45) is 0.681. The first kappa shape index (κ1) is 19.2. The minimum absolute atomic E-state index is 0.0945. The Kier molecular flexibility index (Phi) is 5.36. The summed E-state index contributed by atoms with van der Waals surface area (Å²) in [5.74, 6) is -1.54. The molecule has 0 spiro atoms. The van der Waals surface area contributed by atoms with E-state index in [1.165, 1.54) is 11.1 Å². The lowest BCUT2D eigenvalue weighted by Gasteiger charge is -2.28. The molecule has 8 nitrogen and oxygen atoms in total. The molecule has 0 radical (unpaired) electrons. The van der Waals surface area contributed by atoms with Gasteiger partial charge in [-0.1, -0.05) is 0 Å². The van der Waals surface area contributed by atoms with Crippen molar-refractivity contribution in [1.29, 1.82) is 0 Å². The molecule has 2 heterocycles. The summed E-state index contributed by atoms with van der Waals surface area (Å²) in [6, 6.07) is 3.23. The Labute approximate surface area is 153 Å². The van der Waals surface area contributed by atoms with Crippen molar-refractivity contribution in [1.82, 2.24) is 15.2 Å². The first-order valence-electron chi connectivity index (χ1n) is 7.68. The number of rotatable bonds is 3. The molecule has 9 heteroatoms. The highest BCUT2D eigenvalue weighted by molar-refractivity contribution is 9.10. The SMILES string of the molecule is CC(C)(C)OC(=O)NC1(C(=O)O)CCN(C(=O)c2ccc(Br)nc2)C1. The highest BCUT2D eigenvalue weighted by Gasteiger charge is 2.48. The van der Waals surface area contributed by atoms with E-state index in [2.05, 4.69) is 26.2 Å². The van der Waals surface area contributed by atoms with Crippen molar-refractivity contribution in [2.45, 2.75) is 38.3 Å². The number of hydrogen-bond donors (Lipinski definition) is 2.